The zero-order chi connectivity index (χ0) is 21.3. The van der Waals surface area contributed by atoms with E-state index < -0.39 is 29.6 Å². The van der Waals surface area contributed by atoms with Crippen LogP contribution >= 0.6 is 22.7 Å². The lowest BCUT2D eigenvalue weighted by Crippen LogP contribution is -2.29. The smallest absolute Gasteiger partial charge is 0.338 e. The Morgan fingerprint density at radius 1 is 1.10 bits per heavy atom. The van der Waals surface area contributed by atoms with E-state index in [2.05, 4.69) is 15.3 Å². The van der Waals surface area contributed by atoms with Gasteiger partial charge in [-0.2, -0.15) is 0 Å². The van der Waals surface area contributed by atoms with Crippen molar-refractivity contribution in [3.8, 4) is 11.3 Å². The Balaban J connectivity index is 1.40. The molecule has 0 radical (unpaired) electrons. The lowest BCUT2D eigenvalue weighted by atomic mass is 10.2. The number of halogens is 2. The number of ether oxygens (including phenoxy) is 1. The summed E-state index contributed by atoms with van der Waals surface area (Å²) in [6, 6.07) is 8.39. The summed E-state index contributed by atoms with van der Waals surface area (Å²) in [5.74, 6) is -3.13. The number of esters is 1. The molecule has 2 aromatic heterocycles. The number of nitrogens with one attached hydrogen (secondary N) is 1. The summed E-state index contributed by atoms with van der Waals surface area (Å²) in [6.45, 7) is 1.45. The molecule has 4 aromatic rings. The van der Waals surface area contributed by atoms with E-state index in [1.807, 2.05) is 0 Å². The molecule has 4 rings (SSSR count). The van der Waals surface area contributed by atoms with Crippen LogP contribution in [-0.4, -0.2) is 27.9 Å². The number of carbonyl (C=O) groups excluding carboxylic acids is 2. The third kappa shape index (κ3) is 4.19. The minimum absolute atomic E-state index is 0.244. The third-order valence-corrected chi connectivity index (χ3v) is 5.72. The molecule has 0 aliphatic heterocycles. The zero-order valence-electron chi connectivity index (χ0n) is 15.4. The van der Waals surface area contributed by atoms with Crippen LogP contribution in [0.5, 0.6) is 0 Å². The van der Waals surface area contributed by atoms with Gasteiger partial charge in [0, 0.05) is 10.9 Å². The quantitative estimate of drug-likeness (QED) is 0.443. The van der Waals surface area contributed by atoms with Crippen molar-refractivity contribution >= 4 is 49.9 Å². The maximum absolute atomic E-state index is 13.4. The predicted octanol–water partition coefficient (Wildman–Crippen LogP) is 4.88. The Morgan fingerprint density at radius 2 is 1.93 bits per heavy atom. The number of nitrogens with zero attached hydrogens (tertiary/aromatic N) is 2. The number of carbonyl (C=O) groups is 2. The monoisotopic (exact) mass is 445 g/mol. The van der Waals surface area contributed by atoms with E-state index in [1.165, 1.54) is 24.3 Å². The van der Waals surface area contributed by atoms with Gasteiger partial charge >= 0.3 is 5.97 Å². The van der Waals surface area contributed by atoms with Gasteiger partial charge in [-0.3, -0.25) is 10.1 Å². The van der Waals surface area contributed by atoms with Crippen LogP contribution in [0.25, 0.3) is 21.5 Å². The van der Waals surface area contributed by atoms with Crippen molar-refractivity contribution in [2.24, 2.45) is 0 Å². The maximum atomic E-state index is 13.4. The van der Waals surface area contributed by atoms with E-state index in [1.54, 1.807) is 29.1 Å². The molecule has 1 amide bonds. The van der Waals surface area contributed by atoms with Crippen molar-refractivity contribution in [2.45, 2.75) is 13.0 Å². The standard InChI is InChI=1S/C20H13F2N3O3S2/c1-10(28-19(27)12-3-5-15-17(7-12)30-9-23-15)18(26)25-20-24-16(8-29-20)11-2-4-13(21)14(22)6-11/h2-10H,1H3,(H,24,25,26)/t10-/m1/s1. The van der Waals surface area contributed by atoms with Crippen molar-refractivity contribution in [3.05, 3.63) is 64.5 Å². The molecule has 1 atom stereocenters. The summed E-state index contributed by atoms with van der Waals surface area (Å²) in [5, 5.41) is 4.40. The van der Waals surface area contributed by atoms with Crippen LogP contribution < -0.4 is 5.32 Å². The van der Waals surface area contributed by atoms with E-state index in [9.17, 15) is 18.4 Å². The highest BCUT2D eigenvalue weighted by Gasteiger charge is 2.21. The second kappa shape index (κ2) is 8.25. The number of hydrogen-bond acceptors (Lipinski definition) is 7. The van der Waals surface area contributed by atoms with E-state index >= 15 is 0 Å². The third-order valence-electron chi connectivity index (χ3n) is 4.17. The fourth-order valence-corrected chi connectivity index (χ4v) is 4.03. The van der Waals surface area contributed by atoms with Gasteiger partial charge in [-0.05, 0) is 43.3 Å². The number of benzene rings is 2. The topological polar surface area (TPSA) is 81.2 Å². The van der Waals surface area contributed by atoms with Crippen LogP contribution in [0.4, 0.5) is 13.9 Å². The molecule has 0 spiro atoms. The number of thiazole rings is 2. The first kappa shape index (κ1) is 20.0. The second-order valence-corrected chi connectivity index (χ2v) is 7.98. The Labute approximate surface area is 177 Å². The molecule has 2 aromatic carbocycles. The molecule has 0 unspecified atom stereocenters. The molecular formula is C20H13F2N3O3S2. The zero-order valence-corrected chi connectivity index (χ0v) is 17.0. The number of hydrogen-bond donors (Lipinski definition) is 1. The molecule has 2 heterocycles. The Kier molecular flexibility index (Phi) is 5.51. The van der Waals surface area contributed by atoms with E-state index in [0.717, 1.165) is 33.7 Å². The first-order valence-electron chi connectivity index (χ1n) is 8.67. The molecule has 0 fully saturated rings. The minimum Gasteiger partial charge on any atom is -0.449 e. The van der Waals surface area contributed by atoms with E-state index in [0.29, 0.717) is 16.8 Å². The fraction of sp³-hybridized carbons (Fsp3) is 0.100. The van der Waals surface area contributed by atoms with Crippen LogP contribution in [0.2, 0.25) is 0 Å². The number of aromatic nitrogens is 2. The molecule has 1 N–H and O–H groups in total. The molecule has 0 saturated heterocycles. The SMILES string of the molecule is C[C@@H](OC(=O)c1ccc2ncsc2c1)C(=O)Nc1nc(-c2ccc(F)c(F)c2)cs1. The molecular weight excluding hydrogens is 432 g/mol. The van der Waals surface area contributed by atoms with Crippen molar-refractivity contribution in [3.63, 3.8) is 0 Å². The lowest BCUT2D eigenvalue weighted by molar-refractivity contribution is -0.123. The van der Waals surface area contributed by atoms with Gasteiger partial charge in [-0.1, -0.05) is 0 Å². The molecule has 0 aliphatic carbocycles. The van der Waals surface area contributed by atoms with Gasteiger partial charge < -0.3 is 4.74 Å². The highest BCUT2D eigenvalue weighted by Crippen LogP contribution is 2.26. The largest absolute Gasteiger partial charge is 0.449 e. The van der Waals surface area contributed by atoms with Crippen LogP contribution in [0.3, 0.4) is 0 Å². The number of fused-ring (bicyclic) bond motifs is 1. The van der Waals surface area contributed by atoms with Crippen LogP contribution in [-0.2, 0) is 9.53 Å². The van der Waals surface area contributed by atoms with Gasteiger partial charge in [0.05, 0.1) is 27.0 Å². The Morgan fingerprint density at radius 3 is 2.73 bits per heavy atom. The summed E-state index contributed by atoms with van der Waals surface area (Å²) in [7, 11) is 0. The Bertz CT molecular complexity index is 1260. The first-order valence-corrected chi connectivity index (χ1v) is 10.4. The van der Waals surface area contributed by atoms with Gasteiger partial charge in [0.25, 0.3) is 5.91 Å². The van der Waals surface area contributed by atoms with Crippen molar-refractivity contribution in [1.82, 2.24) is 9.97 Å². The van der Waals surface area contributed by atoms with Gasteiger partial charge in [0.15, 0.2) is 22.9 Å². The molecule has 10 heteroatoms. The predicted molar refractivity (Wildman–Crippen MR) is 111 cm³/mol. The number of rotatable bonds is 5. The van der Waals surface area contributed by atoms with Crippen molar-refractivity contribution in [2.75, 3.05) is 5.32 Å². The molecule has 0 saturated carbocycles. The number of anilines is 1. The summed E-state index contributed by atoms with van der Waals surface area (Å²) < 4.78 is 32.5. The summed E-state index contributed by atoms with van der Waals surface area (Å²) in [4.78, 5) is 33.0. The average molecular weight is 445 g/mol. The van der Waals surface area contributed by atoms with Crippen LogP contribution in [0, 0.1) is 11.6 Å². The van der Waals surface area contributed by atoms with E-state index in [4.69, 9.17) is 4.74 Å². The second-order valence-electron chi connectivity index (χ2n) is 6.24. The van der Waals surface area contributed by atoms with Crippen LogP contribution in [0.1, 0.15) is 17.3 Å². The fourth-order valence-electron chi connectivity index (χ4n) is 2.59. The first-order chi connectivity index (χ1) is 14.4. The summed E-state index contributed by atoms with van der Waals surface area (Å²) in [6.07, 6.45) is -1.06. The summed E-state index contributed by atoms with van der Waals surface area (Å²) in [5.41, 5.74) is 3.54. The van der Waals surface area contributed by atoms with Crippen molar-refractivity contribution < 1.29 is 23.1 Å². The van der Waals surface area contributed by atoms with Gasteiger partial charge in [-0.25, -0.2) is 23.5 Å². The number of amides is 1. The highest BCUT2D eigenvalue weighted by molar-refractivity contribution is 7.16. The van der Waals surface area contributed by atoms with Gasteiger partial charge in [-0.15, -0.1) is 22.7 Å². The van der Waals surface area contributed by atoms with Gasteiger partial charge in [0.2, 0.25) is 0 Å². The molecule has 0 bridgehead atoms. The minimum atomic E-state index is -1.06. The highest BCUT2D eigenvalue weighted by atomic mass is 32.1. The normalized spacial score (nSPS) is 12.0. The molecule has 152 valence electrons. The molecule has 0 aliphatic rings. The molecule has 30 heavy (non-hydrogen) atoms. The van der Waals surface area contributed by atoms with E-state index in [-0.39, 0.29) is 5.13 Å². The average Bonchev–Trinajstić information content (AvgIpc) is 3.38. The molecule has 6 nitrogen and oxygen atoms in total. The van der Waals surface area contributed by atoms with Gasteiger partial charge in [0.1, 0.15) is 0 Å². The Hall–Kier alpha value is -3.24. The lowest BCUT2D eigenvalue weighted by Gasteiger charge is -2.12. The maximum Gasteiger partial charge on any atom is 0.338 e. The summed E-state index contributed by atoms with van der Waals surface area (Å²) >= 11 is 2.51. The van der Waals surface area contributed by atoms with Crippen molar-refractivity contribution in [1.29, 1.82) is 0 Å². The van der Waals surface area contributed by atoms with Crippen LogP contribution in [0.15, 0.2) is 47.3 Å².